The monoisotopic (exact) mass is 271 g/mol. The van der Waals surface area contributed by atoms with Gasteiger partial charge < -0.3 is 4.74 Å². The van der Waals surface area contributed by atoms with Crippen LogP contribution in [0.1, 0.15) is 12.5 Å². The molecule has 0 unspecified atom stereocenters. The lowest BCUT2D eigenvalue weighted by molar-refractivity contribution is 0.342. The van der Waals surface area contributed by atoms with E-state index in [2.05, 4.69) is 4.98 Å². The van der Waals surface area contributed by atoms with Gasteiger partial charge in [0.05, 0.1) is 0 Å². The minimum atomic E-state index is -1.75. The van der Waals surface area contributed by atoms with Crippen molar-refractivity contribution >= 4 is 0 Å². The van der Waals surface area contributed by atoms with Crippen LogP contribution in [0, 0.1) is 23.5 Å². The number of aromatic nitrogens is 1. The Morgan fingerprint density at radius 2 is 1.58 bits per heavy atom. The Hall–Kier alpha value is -2.11. The van der Waals surface area contributed by atoms with E-state index in [9.17, 15) is 17.6 Å². The van der Waals surface area contributed by atoms with Gasteiger partial charge in [0.2, 0.25) is 17.4 Å². The number of para-hydroxylation sites is 1. The van der Waals surface area contributed by atoms with Crippen molar-refractivity contribution < 1.29 is 22.3 Å². The van der Waals surface area contributed by atoms with Crippen LogP contribution in [0.15, 0.2) is 24.3 Å². The van der Waals surface area contributed by atoms with Crippen LogP contribution in [0.25, 0.3) is 0 Å². The Kier molecular flexibility index (Phi) is 3.69. The van der Waals surface area contributed by atoms with Gasteiger partial charge in [-0.1, -0.05) is 25.1 Å². The second kappa shape index (κ2) is 5.26. The fourth-order valence-electron chi connectivity index (χ4n) is 1.56. The highest BCUT2D eigenvalue weighted by Gasteiger charge is 2.23. The molecule has 0 fully saturated rings. The first-order valence-corrected chi connectivity index (χ1v) is 5.50. The van der Waals surface area contributed by atoms with Gasteiger partial charge in [-0.2, -0.15) is 22.5 Å². The van der Waals surface area contributed by atoms with E-state index >= 15 is 0 Å². The van der Waals surface area contributed by atoms with Crippen molar-refractivity contribution in [3.05, 3.63) is 53.4 Å². The third-order valence-corrected chi connectivity index (χ3v) is 2.52. The van der Waals surface area contributed by atoms with Crippen LogP contribution in [0.3, 0.4) is 0 Å². The van der Waals surface area contributed by atoms with E-state index < -0.39 is 29.3 Å². The van der Waals surface area contributed by atoms with Crippen molar-refractivity contribution in [2.75, 3.05) is 0 Å². The number of hydrogen-bond donors (Lipinski definition) is 0. The maximum absolute atomic E-state index is 13.4. The Morgan fingerprint density at radius 3 is 2.16 bits per heavy atom. The van der Waals surface area contributed by atoms with E-state index in [1.54, 1.807) is 18.2 Å². The topological polar surface area (TPSA) is 22.1 Å². The first-order chi connectivity index (χ1) is 9.04. The van der Waals surface area contributed by atoms with E-state index in [1.165, 1.54) is 6.07 Å². The number of benzene rings is 1. The molecule has 0 spiro atoms. The standard InChI is InChI=1S/C13H9F4NO/c1-2-7-5-3-4-6-8(7)19-11-9(14)12(16)18-13(17)10(11)15/h3-6H,2H2,1H3. The highest BCUT2D eigenvalue weighted by atomic mass is 19.2. The third kappa shape index (κ3) is 2.52. The number of halogens is 4. The fraction of sp³-hybridized carbons (Fsp3) is 0.154. The minimum absolute atomic E-state index is 0.132. The predicted octanol–water partition coefficient (Wildman–Crippen LogP) is 3.99. The van der Waals surface area contributed by atoms with E-state index in [1.807, 2.05) is 6.92 Å². The average Bonchev–Trinajstić information content (AvgIpc) is 2.42. The molecule has 2 rings (SSSR count). The molecule has 0 radical (unpaired) electrons. The molecule has 6 heteroatoms. The molecule has 1 aromatic heterocycles. The summed E-state index contributed by atoms with van der Waals surface area (Å²) >= 11 is 0. The summed E-state index contributed by atoms with van der Waals surface area (Å²) in [5.41, 5.74) is 0.652. The molecule has 0 saturated heterocycles. The number of nitrogens with zero attached hydrogens (tertiary/aromatic N) is 1. The number of pyridine rings is 1. The summed E-state index contributed by atoms with van der Waals surface area (Å²) in [6, 6.07) is 6.43. The van der Waals surface area contributed by atoms with E-state index in [-0.39, 0.29) is 5.75 Å². The normalized spacial score (nSPS) is 10.6. The number of rotatable bonds is 3. The molecule has 0 aliphatic rings. The molecule has 0 amide bonds. The largest absolute Gasteiger partial charge is 0.451 e. The maximum Gasteiger partial charge on any atom is 0.255 e. The van der Waals surface area contributed by atoms with Gasteiger partial charge in [0, 0.05) is 0 Å². The lowest BCUT2D eigenvalue weighted by atomic mass is 10.1. The van der Waals surface area contributed by atoms with Crippen molar-refractivity contribution in [3.8, 4) is 11.5 Å². The Morgan fingerprint density at radius 1 is 1.00 bits per heavy atom. The summed E-state index contributed by atoms with van der Waals surface area (Å²) in [5, 5.41) is 0. The van der Waals surface area contributed by atoms with Crippen LogP contribution in [-0.4, -0.2) is 4.98 Å². The Bertz CT molecular complexity index is 590. The van der Waals surface area contributed by atoms with Gasteiger partial charge in [0.25, 0.3) is 11.9 Å². The maximum atomic E-state index is 13.4. The number of aryl methyl sites for hydroxylation is 1. The van der Waals surface area contributed by atoms with Gasteiger partial charge in [-0.15, -0.1) is 0 Å². The Labute approximate surface area is 106 Å². The average molecular weight is 271 g/mol. The molecule has 1 heterocycles. The van der Waals surface area contributed by atoms with Crippen molar-refractivity contribution in [1.82, 2.24) is 4.98 Å². The van der Waals surface area contributed by atoms with Crippen molar-refractivity contribution in [2.24, 2.45) is 0 Å². The zero-order valence-electron chi connectivity index (χ0n) is 9.88. The van der Waals surface area contributed by atoms with E-state index in [0.717, 1.165) is 0 Å². The molecular weight excluding hydrogens is 262 g/mol. The summed E-state index contributed by atoms with van der Waals surface area (Å²) in [5.74, 6) is -7.82. The summed E-state index contributed by atoms with van der Waals surface area (Å²) in [4.78, 5) is 2.45. The van der Waals surface area contributed by atoms with Gasteiger partial charge in [-0.3, -0.25) is 0 Å². The summed E-state index contributed by atoms with van der Waals surface area (Å²) in [6.45, 7) is 1.81. The second-order valence-corrected chi connectivity index (χ2v) is 3.71. The lowest BCUT2D eigenvalue weighted by Gasteiger charge is -2.11. The lowest BCUT2D eigenvalue weighted by Crippen LogP contribution is -2.04. The summed E-state index contributed by atoms with van der Waals surface area (Å²) in [7, 11) is 0. The molecule has 100 valence electrons. The molecule has 1 aromatic carbocycles. The summed E-state index contributed by atoms with van der Waals surface area (Å²) in [6.07, 6.45) is 0.537. The van der Waals surface area contributed by atoms with Crippen molar-refractivity contribution in [1.29, 1.82) is 0 Å². The highest BCUT2D eigenvalue weighted by Crippen LogP contribution is 2.31. The predicted molar refractivity (Wildman–Crippen MR) is 60.0 cm³/mol. The zero-order valence-corrected chi connectivity index (χ0v) is 9.88. The molecular formula is C13H9F4NO. The van der Waals surface area contributed by atoms with E-state index in [4.69, 9.17) is 4.74 Å². The highest BCUT2D eigenvalue weighted by molar-refractivity contribution is 5.38. The smallest absolute Gasteiger partial charge is 0.255 e. The fourth-order valence-corrected chi connectivity index (χ4v) is 1.56. The van der Waals surface area contributed by atoms with Gasteiger partial charge in [-0.05, 0) is 18.1 Å². The second-order valence-electron chi connectivity index (χ2n) is 3.71. The zero-order chi connectivity index (χ0) is 14.0. The SMILES string of the molecule is CCc1ccccc1Oc1c(F)c(F)nc(F)c1F. The van der Waals surface area contributed by atoms with Gasteiger partial charge in [0.15, 0.2) is 0 Å². The van der Waals surface area contributed by atoms with Gasteiger partial charge in [0.1, 0.15) is 5.75 Å². The minimum Gasteiger partial charge on any atom is -0.451 e. The third-order valence-electron chi connectivity index (χ3n) is 2.52. The number of ether oxygens (including phenoxy) is 1. The number of hydrogen-bond acceptors (Lipinski definition) is 2. The molecule has 0 bridgehead atoms. The molecule has 0 N–H and O–H groups in total. The van der Waals surface area contributed by atoms with Crippen LogP contribution in [0.4, 0.5) is 17.6 Å². The molecule has 2 aromatic rings. The Balaban J connectivity index is 2.49. The van der Waals surface area contributed by atoms with Crippen LogP contribution in [-0.2, 0) is 6.42 Å². The van der Waals surface area contributed by atoms with Gasteiger partial charge in [-0.25, -0.2) is 0 Å². The molecule has 0 aliphatic heterocycles. The van der Waals surface area contributed by atoms with Crippen LogP contribution in [0.5, 0.6) is 11.5 Å². The molecule has 2 nitrogen and oxygen atoms in total. The van der Waals surface area contributed by atoms with E-state index in [0.29, 0.717) is 12.0 Å². The van der Waals surface area contributed by atoms with Crippen LogP contribution < -0.4 is 4.74 Å². The molecule has 19 heavy (non-hydrogen) atoms. The molecule has 0 atom stereocenters. The van der Waals surface area contributed by atoms with Crippen molar-refractivity contribution in [3.63, 3.8) is 0 Å². The first kappa shape index (κ1) is 13.3. The quantitative estimate of drug-likeness (QED) is 0.622. The molecule has 0 aliphatic carbocycles. The van der Waals surface area contributed by atoms with Crippen LogP contribution in [0.2, 0.25) is 0 Å². The first-order valence-electron chi connectivity index (χ1n) is 5.50. The summed E-state index contributed by atoms with van der Waals surface area (Å²) < 4.78 is 57.6. The van der Waals surface area contributed by atoms with Crippen LogP contribution >= 0.6 is 0 Å². The van der Waals surface area contributed by atoms with Crippen molar-refractivity contribution in [2.45, 2.75) is 13.3 Å². The molecule has 0 saturated carbocycles. The van der Waals surface area contributed by atoms with Gasteiger partial charge >= 0.3 is 0 Å².